The molecule has 2 aliphatic carbocycles. The number of hydrogen-bond donors (Lipinski definition) is 1. The van der Waals surface area contributed by atoms with Gasteiger partial charge in [0.1, 0.15) is 0 Å². The molecule has 0 aromatic carbocycles. The highest BCUT2D eigenvalue weighted by Gasteiger charge is 2.42. The largest absolute Gasteiger partial charge is 0.376 e. The molecule has 1 N–H and O–H groups in total. The molecule has 3 atom stereocenters. The number of piperidine rings is 1. The van der Waals surface area contributed by atoms with Gasteiger partial charge in [0.2, 0.25) is 0 Å². The van der Waals surface area contributed by atoms with E-state index in [1.54, 1.807) is 0 Å². The van der Waals surface area contributed by atoms with Crippen molar-refractivity contribution in [3.63, 3.8) is 0 Å². The maximum atomic E-state index is 5.95. The maximum Gasteiger partial charge on any atom is 0.0768 e. The number of nitrogens with one attached hydrogen (secondary N) is 1. The van der Waals surface area contributed by atoms with E-state index in [0.29, 0.717) is 12.1 Å². The number of hydrogen-bond acceptors (Lipinski definition) is 2. The first-order valence-electron chi connectivity index (χ1n) is 5.28. The highest BCUT2D eigenvalue weighted by molar-refractivity contribution is 4.98. The summed E-state index contributed by atoms with van der Waals surface area (Å²) in [5.41, 5.74) is 0. The molecule has 0 amide bonds. The lowest BCUT2D eigenvalue weighted by atomic mass is 10.1. The van der Waals surface area contributed by atoms with Crippen LogP contribution in [0.25, 0.3) is 0 Å². The second-order valence-corrected chi connectivity index (χ2v) is 4.59. The predicted molar refractivity (Wildman–Crippen MR) is 47.0 cm³/mol. The lowest BCUT2D eigenvalue weighted by molar-refractivity contribution is 0.0311. The van der Waals surface area contributed by atoms with Gasteiger partial charge in [0.05, 0.1) is 6.10 Å². The summed E-state index contributed by atoms with van der Waals surface area (Å²) in [6.07, 6.45) is 6.14. The second-order valence-electron chi connectivity index (χ2n) is 4.59. The molecule has 2 heteroatoms. The minimum absolute atomic E-state index is 0.575. The Morgan fingerprint density at radius 2 is 2.08 bits per heavy atom. The second kappa shape index (κ2) is 2.71. The summed E-state index contributed by atoms with van der Waals surface area (Å²) in [7, 11) is 0. The van der Waals surface area contributed by atoms with Gasteiger partial charge in [-0.1, -0.05) is 0 Å². The predicted octanol–water partition coefficient (Wildman–Crippen LogP) is 1.16. The first-order valence-corrected chi connectivity index (χ1v) is 5.28. The van der Waals surface area contributed by atoms with Gasteiger partial charge in [-0.25, -0.2) is 0 Å². The van der Waals surface area contributed by atoms with Crippen molar-refractivity contribution in [1.82, 2.24) is 5.32 Å². The molecule has 12 heavy (non-hydrogen) atoms. The molecule has 3 rings (SSSR count). The van der Waals surface area contributed by atoms with E-state index in [4.69, 9.17) is 4.74 Å². The molecule has 3 aliphatic rings. The molecule has 0 aromatic heterocycles. The van der Waals surface area contributed by atoms with Gasteiger partial charge >= 0.3 is 0 Å². The van der Waals surface area contributed by atoms with Crippen molar-refractivity contribution in [3.05, 3.63) is 0 Å². The molecule has 2 bridgehead atoms. The first-order chi connectivity index (χ1) is 5.93. The molecular weight excluding hydrogens is 150 g/mol. The summed E-state index contributed by atoms with van der Waals surface area (Å²) in [4.78, 5) is 0. The number of rotatable bonds is 3. The lowest BCUT2D eigenvalue weighted by Crippen LogP contribution is -2.29. The molecule has 0 radical (unpaired) electrons. The summed E-state index contributed by atoms with van der Waals surface area (Å²) >= 11 is 0. The Balaban J connectivity index is 1.54. The molecule has 2 saturated carbocycles. The summed E-state index contributed by atoms with van der Waals surface area (Å²) in [6, 6.07) is 0.703. The average Bonchev–Trinajstić information content (AvgIpc) is 2.78. The van der Waals surface area contributed by atoms with Crippen LogP contribution < -0.4 is 5.32 Å². The zero-order valence-electron chi connectivity index (χ0n) is 7.46. The van der Waals surface area contributed by atoms with Gasteiger partial charge in [0.25, 0.3) is 0 Å². The molecule has 3 fully saturated rings. The van der Waals surface area contributed by atoms with Crippen LogP contribution >= 0.6 is 0 Å². The molecule has 1 aliphatic heterocycles. The van der Waals surface area contributed by atoms with E-state index < -0.39 is 0 Å². The van der Waals surface area contributed by atoms with Gasteiger partial charge < -0.3 is 10.1 Å². The van der Waals surface area contributed by atoms with Crippen LogP contribution in [-0.4, -0.2) is 25.3 Å². The van der Waals surface area contributed by atoms with Crippen molar-refractivity contribution >= 4 is 0 Å². The van der Waals surface area contributed by atoms with Crippen molar-refractivity contribution in [1.29, 1.82) is 0 Å². The quantitative estimate of drug-likeness (QED) is 0.681. The highest BCUT2D eigenvalue weighted by atomic mass is 16.5. The van der Waals surface area contributed by atoms with Crippen molar-refractivity contribution < 1.29 is 4.74 Å². The fraction of sp³-hybridized carbons (Fsp3) is 1.00. The van der Waals surface area contributed by atoms with Crippen molar-refractivity contribution in [2.24, 2.45) is 11.8 Å². The van der Waals surface area contributed by atoms with Crippen LogP contribution in [-0.2, 0) is 4.74 Å². The smallest absolute Gasteiger partial charge is 0.0768 e. The minimum atomic E-state index is 0.575. The van der Waals surface area contributed by atoms with Gasteiger partial charge in [-0.2, -0.15) is 0 Å². The Morgan fingerprint density at radius 1 is 1.17 bits per heavy atom. The average molecular weight is 167 g/mol. The first kappa shape index (κ1) is 7.34. The Morgan fingerprint density at radius 3 is 2.58 bits per heavy atom. The molecule has 68 valence electrons. The molecule has 0 unspecified atom stereocenters. The van der Waals surface area contributed by atoms with Crippen LogP contribution in [0.1, 0.15) is 25.7 Å². The van der Waals surface area contributed by atoms with E-state index in [1.165, 1.54) is 32.2 Å². The van der Waals surface area contributed by atoms with Crippen LogP contribution in [0.4, 0.5) is 0 Å². The van der Waals surface area contributed by atoms with E-state index in [-0.39, 0.29) is 0 Å². The third-order valence-electron chi connectivity index (χ3n) is 3.57. The molecule has 2 nitrogen and oxygen atoms in total. The van der Waals surface area contributed by atoms with Gasteiger partial charge in [-0.3, -0.25) is 0 Å². The standard InChI is InChI=1S/C10H17NO/c1-2-7(1)6-12-10-8-3-4-9(10)11-5-8/h7-11H,1-6H2/t8-,9+,10-/m0/s1. The van der Waals surface area contributed by atoms with Crippen molar-refractivity contribution in [2.75, 3.05) is 13.2 Å². The van der Waals surface area contributed by atoms with Crippen molar-refractivity contribution in [3.8, 4) is 0 Å². The topological polar surface area (TPSA) is 21.3 Å². The van der Waals surface area contributed by atoms with Crippen LogP contribution in [0.3, 0.4) is 0 Å². The van der Waals surface area contributed by atoms with Gasteiger partial charge in [0.15, 0.2) is 0 Å². The molecule has 1 saturated heterocycles. The fourth-order valence-corrected chi connectivity index (χ4v) is 2.57. The molecule has 1 heterocycles. The molecule has 0 spiro atoms. The maximum absolute atomic E-state index is 5.95. The zero-order valence-corrected chi connectivity index (χ0v) is 7.46. The van der Waals surface area contributed by atoms with Crippen molar-refractivity contribution in [2.45, 2.75) is 37.8 Å². The van der Waals surface area contributed by atoms with E-state index >= 15 is 0 Å². The Hall–Kier alpha value is -0.0800. The zero-order chi connectivity index (χ0) is 7.97. The number of fused-ring (bicyclic) bond motifs is 2. The highest BCUT2D eigenvalue weighted by Crippen LogP contribution is 2.36. The summed E-state index contributed by atoms with van der Waals surface area (Å²) in [5, 5.41) is 3.53. The minimum Gasteiger partial charge on any atom is -0.376 e. The SMILES string of the molecule is C1CC1CO[C@H]1[C@H]2CC[C@H]1NC2. The van der Waals surface area contributed by atoms with Gasteiger partial charge in [0, 0.05) is 19.2 Å². The van der Waals surface area contributed by atoms with Crippen LogP contribution in [0.2, 0.25) is 0 Å². The van der Waals surface area contributed by atoms with Crippen LogP contribution in [0.5, 0.6) is 0 Å². The molecule has 0 aromatic rings. The van der Waals surface area contributed by atoms with Crippen LogP contribution in [0, 0.1) is 11.8 Å². The fourth-order valence-electron chi connectivity index (χ4n) is 2.57. The van der Waals surface area contributed by atoms with Crippen LogP contribution in [0.15, 0.2) is 0 Å². The summed E-state index contributed by atoms with van der Waals surface area (Å²) in [6.45, 7) is 2.25. The Labute approximate surface area is 73.7 Å². The third-order valence-corrected chi connectivity index (χ3v) is 3.57. The molecular formula is C10H17NO. The summed E-state index contributed by atoms with van der Waals surface area (Å²) in [5.74, 6) is 1.76. The third kappa shape index (κ3) is 1.17. The lowest BCUT2D eigenvalue weighted by Gasteiger charge is -2.15. The number of ether oxygens (including phenoxy) is 1. The van der Waals surface area contributed by atoms with Gasteiger partial charge in [-0.15, -0.1) is 0 Å². The summed E-state index contributed by atoms with van der Waals surface area (Å²) < 4.78 is 5.95. The van der Waals surface area contributed by atoms with E-state index in [2.05, 4.69) is 5.32 Å². The van der Waals surface area contributed by atoms with E-state index in [9.17, 15) is 0 Å². The Kier molecular flexibility index (Phi) is 1.66. The van der Waals surface area contributed by atoms with Gasteiger partial charge in [-0.05, 0) is 37.5 Å². The monoisotopic (exact) mass is 167 g/mol. The van der Waals surface area contributed by atoms with E-state index in [0.717, 1.165) is 18.4 Å². The normalized spacial score (nSPS) is 45.5. The Bertz CT molecular complexity index is 159. The van der Waals surface area contributed by atoms with E-state index in [1.807, 2.05) is 0 Å².